The van der Waals surface area contributed by atoms with E-state index in [2.05, 4.69) is 15.3 Å². The zero-order chi connectivity index (χ0) is 12.2. The molecule has 0 aliphatic heterocycles. The summed E-state index contributed by atoms with van der Waals surface area (Å²) in [6, 6.07) is 0. The van der Waals surface area contributed by atoms with Gasteiger partial charge in [0.2, 0.25) is 0 Å². The van der Waals surface area contributed by atoms with Gasteiger partial charge in [-0.25, -0.2) is 4.98 Å². The van der Waals surface area contributed by atoms with Crippen LogP contribution in [0, 0.1) is 0 Å². The monoisotopic (exact) mass is 222 g/mol. The molecule has 88 valence electrons. The first-order valence-electron chi connectivity index (χ1n) is 5.41. The molecule has 1 rings (SSSR count). The van der Waals surface area contributed by atoms with Crippen LogP contribution in [0.15, 0.2) is 12.4 Å². The molecule has 1 amide bonds. The minimum atomic E-state index is -0.231. The average molecular weight is 222 g/mol. The summed E-state index contributed by atoms with van der Waals surface area (Å²) in [6.45, 7) is 6.08. The molecule has 0 saturated heterocycles. The second-order valence-corrected chi connectivity index (χ2v) is 4.05. The van der Waals surface area contributed by atoms with Crippen molar-refractivity contribution in [2.24, 2.45) is 0 Å². The van der Waals surface area contributed by atoms with Gasteiger partial charge in [-0.1, -0.05) is 13.8 Å². The van der Waals surface area contributed by atoms with E-state index in [1.54, 1.807) is 0 Å². The lowest BCUT2D eigenvalue weighted by Crippen LogP contribution is -2.45. The number of nitrogens with two attached hydrogens (primary N) is 1. The lowest BCUT2D eigenvalue weighted by molar-refractivity contribution is 0.0895. The number of carbonyl (C=O) groups excluding carboxylic acids is 1. The molecule has 5 heteroatoms. The van der Waals surface area contributed by atoms with E-state index in [0.717, 1.165) is 12.8 Å². The van der Waals surface area contributed by atoms with Crippen molar-refractivity contribution in [1.82, 2.24) is 15.3 Å². The molecule has 0 aliphatic rings. The third kappa shape index (κ3) is 2.92. The number of nitrogens with zero attached hydrogens (tertiary/aromatic N) is 2. The fourth-order valence-electron chi connectivity index (χ4n) is 1.26. The highest BCUT2D eigenvalue weighted by atomic mass is 16.2. The van der Waals surface area contributed by atoms with Crippen LogP contribution >= 0.6 is 0 Å². The summed E-state index contributed by atoms with van der Waals surface area (Å²) in [5, 5.41) is 2.94. The van der Waals surface area contributed by atoms with Crippen LogP contribution in [-0.4, -0.2) is 21.4 Å². The Kier molecular flexibility index (Phi) is 3.82. The highest BCUT2D eigenvalue weighted by Gasteiger charge is 2.23. The zero-order valence-electron chi connectivity index (χ0n) is 9.95. The summed E-state index contributed by atoms with van der Waals surface area (Å²) in [5.74, 6) is 0.0216. The van der Waals surface area contributed by atoms with Gasteiger partial charge in [0.1, 0.15) is 11.5 Å². The topological polar surface area (TPSA) is 80.9 Å². The standard InChI is InChI=1S/C11H18N4O/c1-4-11(3,5-2)15-10(16)8-6-13-7-9(12)14-8/h6-7H,4-5H2,1-3H3,(H2,12,14)(H,15,16). The van der Waals surface area contributed by atoms with Crippen LogP contribution in [0.25, 0.3) is 0 Å². The minimum absolute atomic E-state index is 0.205. The second kappa shape index (κ2) is 4.92. The van der Waals surface area contributed by atoms with Gasteiger partial charge in [0.15, 0.2) is 0 Å². The molecule has 0 fully saturated rings. The Morgan fingerprint density at radius 2 is 2.06 bits per heavy atom. The van der Waals surface area contributed by atoms with E-state index in [1.807, 2.05) is 20.8 Å². The van der Waals surface area contributed by atoms with Crippen molar-refractivity contribution >= 4 is 11.7 Å². The van der Waals surface area contributed by atoms with Gasteiger partial charge in [0.05, 0.1) is 12.4 Å². The molecular formula is C11H18N4O. The van der Waals surface area contributed by atoms with E-state index in [1.165, 1.54) is 12.4 Å². The van der Waals surface area contributed by atoms with Crippen LogP contribution in [0.3, 0.4) is 0 Å². The Balaban J connectivity index is 2.80. The van der Waals surface area contributed by atoms with Crippen molar-refractivity contribution in [3.05, 3.63) is 18.1 Å². The summed E-state index contributed by atoms with van der Waals surface area (Å²) in [7, 11) is 0. The third-order valence-electron chi connectivity index (χ3n) is 2.86. The van der Waals surface area contributed by atoms with Gasteiger partial charge in [0, 0.05) is 5.54 Å². The van der Waals surface area contributed by atoms with E-state index in [0.29, 0.717) is 0 Å². The molecule has 0 atom stereocenters. The summed E-state index contributed by atoms with van der Waals surface area (Å²) >= 11 is 0. The van der Waals surface area contributed by atoms with Crippen LogP contribution in [0.5, 0.6) is 0 Å². The lowest BCUT2D eigenvalue weighted by Gasteiger charge is -2.27. The predicted octanol–water partition coefficient (Wildman–Crippen LogP) is 1.37. The summed E-state index contributed by atoms with van der Waals surface area (Å²) in [6.07, 6.45) is 4.56. The van der Waals surface area contributed by atoms with Crippen molar-refractivity contribution in [3.63, 3.8) is 0 Å². The van der Waals surface area contributed by atoms with Crippen LogP contribution in [-0.2, 0) is 0 Å². The predicted molar refractivity (Wildman–Crippen MR) is 62.9 cm³/mol. The summed E-state index contributed by atoms with van der Waals surface area (Å²) in [5.41, 5.74) is 5.52. The van der Waals surface area contributed by atoms with Crippen molar-refractivity contribution < 1.29 is 4.79 Å². The van der Waals surface area contributed by atoms with Crippen LogP contribution in [0.1, 0.15) is 44.1 Å². The van der Waals surface area contributed by atoms with Gasteiger partial charge in [-0.05, 0) is 19.8 Å². The summed E-state index contributed by atoms with van der Waals surface area (Å²) in [4.78, 5) is 19.6. The molecule has 0 saturated carbocycles. The number of anilines is 1. The molecule has 0 spiro atoms. The fourth-order valence-corrected chi connectivity index (χ4v) is 1.26. The molecule has 0 bridgehead atoms. The second-order valence-electron chi connectivity index (χ2n) is 4.05. The van der Waals surface area contributed by atoms with Gasteiger partial charge in [0.25, 0.3) is 5.91 Å². The molecule has 1 aromatic heterocycles. The van der Waals surface area contributed by atoms with Crippen molar-refractivity contribution in [2.75, 3.05) is 5.73 Å². The van der Waals surface area contributed by atoms with Crippen LogP contribution in [0.2, 0.25) is 0 Å². The Bertz CT molecular complexity index is 374. The average Bonchev–Trinajstić information content (AvgIpc) is 2.29. The van der Waals surface area contributed by atoms with Crippen LogP contribution in [0.4, 0.5) is 5.82 Å². The van der Waals surface area contributed by atoms with E-state index in [4.69, 9.17) is 5.73 Å². The SMILES string of the molecule is CCC(C)(CC)NC(=O)c1cncc(N)n1. The number of aromatic nitrogens is 2. The number of rotatable bonds is 4. The first-order chi connectivity index (χ1) is 7.50. The van der Waals surface area contributed by atoms with Gasteiger partial charge in [-0.3, -0.25) is 9.78 Å². The molecule has 1 aromatic rings. The third-order valence-corrected chi connectivity index (χ3v) is 2.86. The number of amides is 1. The number of hydrogen-bond acceptors (Lipinski definition) is 4. The molecule has 5 nitrogen and oxygen atoms in total. The van der Waals surface area contributed by atoms with Crippen molar-refractivity contribution in [3.8, 4) is 0 Å². The molecule has 0 aliphatic carbocycles. The molecule has 0 unspecified atom stereocenters. The highest BCUT2D eigenvalue weighted by molar-refractivity contribution is 5.92. The number of carbonyl (C=O) groups is 1. The molecule has 0 aromatic carbocycles. The number of nitrogen functional groups attached to an aromatic ring is 1. The Labute approximate surface area is 95.5 Å². The molecule has 0 radical (unpaired) electrons. The first-order valence-corrected chi connectivity index (χ1v) is 5.41. The Morgan fingerprint density at radius 3 is 2.56 bits per heavy atom. The van der Waals surface area contributed by atoms with Gasteiger partial charge < -0.3 is 11.1 Å². The van der Waals surface area contributed by atoms with E-state index >= 15 is 0 Å². The maximum Gasteiger partial charge on any atom is 0.271 e. The normalized spacial score (nSPS) is 11.2. The molecule has 3 N–H and O–H groups in total. The molecular weight excluding hydrogens is 204 g/mol. The van der Waals surface area contributed by atoms with Gasteiger partial charge in [-0.2, -0.15) is 0 Å². The van der Waals surface area contributed by atoms with Gasteiger partial charge >= 0.3 is 0 Å². The van der Waals surface area contributed by atoms with Crippen LogP contribution < -0.4 is 11.1 Å². The summed E-state index contributed by atoms with van der Waals surface area (Å²) < 4.78 is 0. The molecule has 16 heavy (non-hydrogen) atoms. The molecule has 1 heterocycles. The minimum Gasteiger partial charge on any atom is -0.382 e. The van der Waals surface area contributed by atoms with Crippen molar-refractivity contribution in [2.45, 2.75) is 39.2 Å². The van der Waals surface area contributed by atoms with Crippen molar-refractivity contribution in [1.29, 1.82) is 0 Å². The largest absolute Gasteiger partial charge is 0.382 e. The Morgan fingerprint density at radius 1 is 1.44 bits per heavy atom. The van der Waals surface area contributed by atoms with E-state index in [9.17, 15) is 4.79 Å². The first kappa shape index (κ1) is 12.4. The lowest BCUT2D eigenvalue weighted by atomic mass is 9.95. The van der Waals surface area contributed by atoms with E-state index < -0.39 is 0 Å². The number of hydrogen-bond donors (Lipinski definition) is 2. The fraction of sp³-hybridized carbons (Fsp3) is 0.545. The van der Waals surface area contributed by atoms with Gasteiger partial charge in [-0.15, -0.1) is 0 Å². The quantitative estimate of drug-likeness (QED) is 0.806. The Hall–Kier alpha value is -1.65. The number of nitrogens with one attached hydrogen (secondary N) is 1. The zero-order valence-corrected chi connectivity index (χ0v) is 9.95. The smallest absolute Gasteiger partial charge is 0.271 e. The van der Waals surface area contributed by atoms with E-state index in [-0.39, 0.29) is 23.0 Å². The maximum atomic E-state index is 11.9. The maximum absolute atomic E-state index is 11.9. The highest BCUT2D eigenvalue weighted by Crippen LogP contribution is 2.14.